The van der Waals surface area contributed by atoms with Gasteiger partial charge in [0.1, 0.15) is 0 Å². The van der Waals surface area contributed by atoms with Crippen LogP contribution in [0.2, 0.25) is 5.02 Å². The molecule has 3 aromatic rings. The number of nitrogens with one attached hydrogen (secondary N) is 1. The molecule has 1 aromatic heterocycles. The van der Waals surface area contributed by atoms with Gasteiger partial charge in [0.05, 0.1) is 5.54 Å². The molecule has 0 radical (unpaired) electrons. The summed E-state index contributed by atoms with van der Waals surface area (Å²) in [5.41, 5.74) is 8.18. The largest absolute Gasteiger partial charge is 0.356 e. The molecule has 0 spiro atoms. The van der Waals surface area contributed by atoms with E-state index in [1.54, 1.807) is 0 Å². The van der Waals surface area contributed by atoms with Gasteiger partial charge in [-0.3, -0.25) is 4.90 Å². The van der Waals surface area contributed by atoms with E-state index in [1.165, 1.54) is 38.9 Å². The number of rotatable bonds is 0. The van der Waals surface area contributed by atoms with Gasteiger partial charge < -0.3 is 4.98 Å². The van der Waals surface area contributed by atoms with Crippen LogP contribution in [-0.2, 0) is 18.5 Å². The quantitative estimate of drug-likeness (QED) is 0.632. The molecule has 0 saturated carbocycles. The molecule has 1 atom stereocenters. The van der Waals surface area contributed by atoms with Crippen LogP contribution in [0.5, 0.6) is 0 Å². The van der Waals surface area contributed by atoms with Gasteiger partial charge in [-0.1, -0.05) is 35.4 Å². The molecule has 5 rings (SSSR count). The summed E-state index contributed by atoms with van der Waals surface area (Å²) in [7, 11) is 0. The summed E-state index contributed by atoms with van der Waals surface area (Å²) in [6.07, 6.45) is 1.08. The van der Waals surface area contributed by atoms with Crippen molar-refractivity contribution in [2.45, 2.75) is 32.4 Å². The van der Waals surface area contributed by atoms with Crippen molar-refractivity contribution in [3.05, 3.63) is 69.4 Å². The first-order valence-corrected chi connectivity index (χ1v) is 8.61. The average molecular weight is 323 g/mol. The van der Waals surface area contributed by atoms with Crippen LogP contribution in [-0.4, -0.2) is 16.4 Å². The molecule has 2 nitrogen and oxygen atoms in total. The minimum absolute atomic E-state index is 0.0551. The van der Waals surface area contributed by atoms with Crippen molar-refractivity contribution in [2.24, 2.45) is 0 Å². The summed E-state index contributed by atoms with van der Waals surface area (Å²) in [6.45, 7) is 6.69. The number of halogens is 1. The van der Waals surface area contributed by atoms with Gasteiger partial charge >= 0.3 is 0 Å². The van der Waals surface area contributed by atoms with E-state index in [0.29, 0.717) is 0 Å². The van der Waals surface area contributed by atoms with Gasteiger partial charge in [0, 0.05) is 34.7 Å². The maximum Gasteiger partial charge on any atom is 0.0847 e. The predicted molar refractivity (Wildman–Crippen MR) is 95.1 cm³/mol. The Morgan fingerprint density at radius 1 is 1.17 bits per heavy atom. The second-order valence-corrected chi connectivity index (χ2v) is 7.51. The highest BCUT2D eigenvalue weighted by Gasteiger charge is 2.47. The Bertz CT molecular complexity index is 956. The molecule has 0 bridgehead atoms. The number of nitrogens with zero attached hydrogens (tertiary/aromatic N) is 1. The fourth-order valence-electron chi connectivity index (χ4n) is 4.55. The first-order valence-electron chi connectivity index (χ1n) is 8.23. The van der Waals surface area contributed by atoms with Gasteiger partial charge in [-0.2, -0.15) is 0 Å². The lowest BCUT2D eigenvalue weighted by Gasteiger charge is -2.40. The molecular formula is C20H19ClN2. The van der Waals surface area contributed by atoms with E-state index in [4.69, 9.17) is 11.6 Å². The average Bonchev–Trinajstić information content (AvgIpc) is 3.03. The summed E-state index contributed by atoms with van der Waals surface area (Å²) >= 11 is 6.24. The number of aromatic amines is 1. The molecule has 2 aliphatic heterocycles. The molecule has 0 aliphatic carbocycles. The maximum absolute atomic E-state index is 6.24. The van der Waals surface area contributed by atoms with E-state index in [2.05, 4.69) is 54.1 Å². The second kappa shape index (κ2) is 4.40. The molecule has 3 heterocycles. The van der Waals surface area contributed by atoms with Crippen LogP contribution in [0.15, 0.2) is 36.4 Å². The molecular weight excluding hydrogens is 304 g/mol. The van der Waals surface area contributed by atoms with E-state index >= 15 is 0 Å². The molecule has 0 fully saturated rings. The molecule has 2 aliphatic rings. The highest BCUT2D eigenvalue weighted by Crippen LogP contribution is 2.49. The van der Waals surface area contributed by atoms with Crippen LogP contribution < -0.4 is 0 Å². The van der Waals surface area contributed by atoms with Crippen molar-refractivity contribution >= 4 is 22.5 Å². The normalized spacial score (nSPS) is 22.9. The Morgan fingerprint density at radius 3 is 2.91 bits per heavy atom. The molecule has 0 saturated heterocycles. The Labute approximate surface area is 141 Å². The first kappa shape index (κ1) is 13.6. The van der Waals surface area contributed by atoms with Gasteiger partial charge in [-0.05, 0) is 55.2 Å². The van der Waals surface area contributed by atoms with Crippen LogP contribution >= 0.6 is 11.6 Å². The fourth-order valence-corrected chi connectivity index (χ4v) is 4.72. The van der Waals surface area contributed by atoms with Crippen molar-refractivity contribution in [2.75, 3.05) is 6.54 Å². The Hall–Kier alpha value is -1.77. The third-order valence-corrected chi connectivity index (χ3v) is 6.01. The third kappa shape index (κ3) is 1.68. The van der Waals surface area contributed by atoms with Crippen LogP contribution in [0.4, 0.5) is 0 Å². The number of aromatic nitrogens is 1. The zero-order valence-electron chi connectivity index (χ0n) is 13.4. The smallest absolute Gasteiger partial charge is 0.0847 e. The monoisotopic (exact) mass is 322 g/mol. The molecule has 1 unspecified atom stereocenters. The lowest BCUT2D eigenvalue weighted by Crippen LogP contribution is -2.44. The Kier molecular flexibility index (Phi) is 2.61. The molecule has 1 N–H and O–H groups in total. The van der Waals surface area contributed by atoms with Crippen LogP contribution in [0.3, 0.4) is 0 Å². The predicted octanol–water partition coefficient (Wildman–Crippen LogP) is 4.76. The fraction of sp³-hybridized carbons (Fsp3) is 0.300. The Morgan fingerprint density at radius 2 is 2.04 bits per heavy atom. The van der Waals surface area contributed by atoms with E-state index in [-0.39, 0.29) is 5.54 Å². The maximum atomic E-state index is 6.24. The number of hydrogen-bond acceptors (Lipinski definition) is 1. The molecule has 23 heavy (non-hydrogen) atoms. The minimum atomic E-state index is -0.0551. The lowest BCUT2D eigenvalue weighted by atomic mass is 9.82. The summed E-state index contributed by atoms with van der Waals surface area (Å²) in [4.78, 5) is 6.32. The molecule has 116 valence electrons. The van der Waals surface area contributed by atoms with Gasteiger partial charge in [0.25, 0.3) is 0 Å². The minimum Gasteiger partial charge on any atom is -0.356 e. The van der Waals surface area contributed by atoms with Crippen molar-refractivity contribution in [1.29, 1.82) is 0 Å². The van der Waals surface area contributed by atoms with Crippen LogP contribution in [0, 0.1) is 6.92 Å². The number of hydrogen-bond donors (Lipinski definition) is 1. The third-order valence-electron chi connectivity index (χ3n) is 5.77. The summed E-state index contributed by atoms with van der Waals surface area (Å²) in [5, 5.41) is 2.10. The lowest BCUT2D eigenvalue weighted by molar-refractivity contribution is 0.141. The van der Waals surface area contributed by atoms with Gasteiger partial charge in [0.2, 0.25) is 0 Å². The van der Waals surface area contributed by atoms with E-state index in [0.717, 1.165) is 24.5 Å². The van der Waals surface area contributed by atoms with E-state index in [9.17, 15) is 0 Å². The molecule has 2 aromatic carbocycles. The number of fused-ring (bicyclic) bond motifs is 7. The van der Waals surface area contributed by atoms with Gasteiger partial charge in [-0.25, -0.2) is 0 Å². The summed E-state index contributed by atoms with van der Waals surface area (Å²) in [5.74, 6) is 0. The topological polar surface area (TPSA) is 19.0 Å². The number of benzene rings is 2. The SMILES string of the molecule is Cc1ccc2c(c1)C1(C)c3[nH]c4ccc(Cl)cc4c3CCN1C2. The number of H-pyrrole nitrogens is 1. The summed E-state index contributed by atoms with van der Waals surface area (Å²) in [6, 6.07) is 13.1. The standard InChI is InChI=1S/C20H19ClN2/c1-12-3-4-13-11-23-8-7-15-16-10-14(21)5-6-18(16)22-19(15)20(23,2)17(13)9-12/h3-6,9-10,22H,7-8,11H2,1-2H3. The van der Waals surface area contributed by atoms with Crippen LogP contribution in [0.25, 0.3) is 10.9 Å². The van der Waals surface area contributed by atoms with E-state index < -0.39 is 0 Å². The van der Waals surface area contributed by atoms with Crippen molar-refractivity contribution < 1.29 is 0 Å². The van der Waals surface area contributed by atoms with Gasteiger partial charge in [-0.15, -0.1) is 0 Å². The first-order chi connectivity index (χ1) is 11.1. The zero-order valence-corrected chi connectivity index (χ0v) is 14.2. The van der Waals surface area contributed by atoms with Crippen LogP contribution in [0.1, 0.15) is 34.9 Å². The zero-order chi connectivity index (χ0) is 15.8. The highest BCUT2D eigenvalue weighted by molar-refractivity contribution is 6.31. The Balaban J connectivity index is 1.83. The number of aryl methyl sites for hydroxylation is 1. The van der Waals surface area contributed by atoms with Crippen molar-refractivity contribution in [1.82, 2.24) is 9.88 Å². The molecule has 3 heteroatoms. The van der Waals surface area contributed by atoms with Crippen molar-refractivity contribution in [3.8, 4) is 0 Å². The van der Waals surface area contributed by atoms with Gasteiger partial charge in [0.15, 0.2) is 0 Å². The summed E-state index contributed by atoms with van der Waals surface area (Å²) < 4.78 is 0. The van der Waals surface area contributed by atoms with Crippen molar-refractivity contribution in [3.63, 3.8) is 0 Å². The molecule has 0 amide bonds. The second-order valence-electron chi connectivity index (χ2n) is 7.07. The van der Waals surface area contributed by atoms with E-state index in [1.807, 2.05) is 6.07 Å². The highest BCUT2D eigenvalue weighted by atomic mass is 35.5.